The van der Waals surface area contributed by atoms with Gasteiger partial charge in [0.25, 0.3) is 0 Å². The standard InChI is InChI=1S/C16H23N3O4S2/c1-4-19(5-2)25(22,23)15-10-8-14(9-11-15)24(20,21)18-16(3,12-17)13-6-7-13/h8-11,13,18H,4-7H2,1-3H3/t16-/m1/s1. The molecule has 1 fully saturated rings. The van der Waals surface area contributed by atoms with E-state index in [1.165, 1.54) is 28.6 Å². The molecule has 9 heteroatoms. The van der Waals surface area contributed by atoms with Crippen LogP contribution in [0, 0.1) is 17.2 Å². The quantitative estimate of drug-likeness (QED) is 0.733. The molecule has 2 rings (SSSR count). The lowest BCUT2D eigenvalue weighted by molar-refractivity contribution is 0.445. The zero-order chi connectivity index (χ0) is 18.9. The van der Waals surface area contributed by atoms with Gasteiger partial charge in [-0.3, -0.25) is 0 Å². The number of nitrogens with zero attached hydrogens (tertiary/aromatic N) is 2. The molecule has 0 aliphatic heterocycles. The Kier molecular flexibility index (Phi) is 5.59. The molecule has 0 aromatic heterocycles. The van der Waals surface area contributed by atoms with Crippen molar-refractivity contribution in [2.24, 2.45) is 5.92 Å². The monoisotopic (exact) mass is 385 g/mol. The fraction of sp³-hybridized carbons (Fsp3) is 0.562. The highest BCUT2D eigenvalue weighted by Gasteiger charge is 2.44. The maximum atomic E-state index is 12.5. The molecule has 1 atom stereocenters. The van der Waals surface area contributed by atoms with E-state index in [0.717, 1.165) is 12.8 Å². The fourth-order valence-corrected chi connectivity index (χ4v) is 5.54. The number of rotatable bonds is 8. The summed E-state index contributed by atoms with van der Waals surface area (Å²) >= 11 is 0. The molecular weight excluding hydrogens is 362 g/mol. The van der Waals surface area contributed by atoms with Crippen LogP contribution in [0.1, 0.15) is 33.6 Å². The normalized spacial score (nSPS) is 17.9. The summed E-state index contributed by atoms with van der Waals surface area (Å²) in [6, 6.07) is 7.11. The van der Waals surface area contributed by atoms with Crippen LogP contribution < -0.4 is 4.72 Å². The molecule has 1 aliphatic rings. The molecule has 1 aromatic rings. The second-order valence-electron chi connectivity index (χ2n) is 6.25. The maximum absolute atomic E-state index is 12.5. The number of nitrogens with one attached hydrogen (secondary N) is 1. The summed E-state index contributed by atoms with van der Waals surface area (Å²) in [6.07, 6.45) is 1.63. The zero-order valence-corrected chi connectivity index (χ0v) is 16.2. The van der Waals surface area contributed by atoms with Crippen LogP contribution in [0.25, 0.3) is 0 Å². The third-order valence-electron chi connectivity index (χ3n) is 4.45. The summed E-state index contributed by atoms with van der Waals surface area (Å²) in [5.74, 6) is 0.00888. The Labute approximate surface area is 149 Å². The molecule has 0 unspecified atom stereocenters. The molecular formula is C16H23N3O4S2. The van der Waals surface area contributed by atoms with E-state index in [2.05, 4.69) is 4.72 Å². The summed E-state index contributed by atoms with van der Waals surface area (Å²) in [4.78, 5) is -0.0199. The average molecular weight is 386 g/mol. The number of hydrogen-bond donors (Lipinski definition) is 1. The predicted octanol–water partition coefficient (Wildman–Crippen LogP) is 1.69. The summed E-state index contributed by atoms with van der Waals surface area (Å²) < 4.78 is 53.7. The van der Waals surface area contributed by atoms with Gasteiger partial charge in [-0.15, -0.1) is 0 Å². The van der Waals surface area contributed by atoms with E-state index >= 15 is 0 Å². The van der Waals surface area contributed by atoms with Gasteiger partial charge in [-0.25, -0.2) is 16.8 Å². The van der Waals surface area contributed by atoms with Gasteiger partial charge in [0.2, 0.25) is 20.0 Å². The van der Waals surface area contributed by atoms with Crippen molar-refractivity contribution in [3.05, 3.63) is 24.3 Å². The molecule has 0 spiro atoms. The van der Waals surface area contributed by atoms with Gasteiger partial charge in [-0.2, -0.15) is 14.3 Å². The molecule has 0 radical (unpaired) electrons. The van der Waals surface area contributed by atoms with E-state index in [-0.39, 0.29) is 15.7 Å². The van der Waals surface area contributed by atoms with Crippen molar-refractivity contribution in [1.82, 2.24) is 9.03 Å². The van der Waals surface area contributed by atoms with Crippen molar-refractivity contribution in [3.63, 3.8) is 0 Å². The lowest BCUT2D eigenvalue weighted by Gasteiger charge is -2.23. The van der Waals surface area contributed by atoms with E-state index in [1.807, 2.05) is 6.07 Å². The third kappa shape index (κ3) is 4.03. The molecule has 0 heterocycles. The SMILES string of the molecule is CCN(CC)S(=O)(=O)c1ccc(S(=O)(=O)N[C@](C)(C#N)C2CC2)cc1. The zero-order valence-electron chi connectivity index (χ0n) is 14.6. The van der Waals surface area contributed by atoms with E-state index < -0.39 is 25.6 Å². The highest BCUT2D eigenvalue weighted by Crippen LogP contribution is 2.40. The van der Waals surface area contributed by atoms with Crippen LogP contribution in [0.2, 0.25) is 0 Å². The summed E-state index contributed by atoms with van der Waals surface area (Å²) in [5.41, 5.74) is -1.15. The lowest BCUT2D eigenvalue weighted by Crippen LogP contribution is -2.46. The summed E-state index contributed by atoms with van der Waals surface area (Å²) in [5, 5.41) is 9.31. The minimum Gasteiger partial charge on any atom is -0.207 e. The van der Waals surface area contributed by atoms with E-state index in [1.54, 1.807) is 20.8 Å². The maximum Gasteiger partial charge on any atom is 0.243 e. The lowest BCUT2D eigenvalue weighted by atomic mass is 10.0. The van der Waals surface area contributed by atoms with Crippen molar-refractivity contribution in [3.8, 4) is 6.07 Å². The van der Waals surface area contributed by atoms with Crippen LogP contribution in [0.4, 0.5) is 0 Å². The third-order valence-corrected chi connectivity index (χ3v) is 8.10. The summed E-state index contributed by atoms with van der Waals surface area (Å²) in [7, 11) is -7.55. The first-order valence-corrected chi connectivity index (χ1v) is 11.1. The summed E-state index contributed by atoms with van der Waals surface area (Å²) in [6.45, 7) is 5.72. The molecule has 1 N–H and O–H groups in total. The van der Waals surface area contributed by atoms with Crippen LogP contribution in [0.3, 0.4) is 0 Å². The molecule has 138 valence electrons. The Morgan fingerprint density at radius 3 is 2.00 bits per heavy atom. The number of nitriles is 1. The molecule has 1 aliphatic carbocycles. The van der Waals surface area contributed by atoms with Crippen LogP contribution in [-0.4, -0.2) is 39.8 Å². The van der Waals surface area contributed by atoms with Crippen LogP contribution in [0.5, 0.6) is 0 Å². The van der Waals surface area contributed by atoms with Crippen molar-refractivity contribution >= 4 is 20.0 Å². The first-order valence-electron chi connectivity index (χ1n) is 8.16. The van der Waals surface area contributed by atoms with Gasteiger partial charge < -0.3 is 0 Å². The topological polar surface area (TPSA) is 107 Å². The number of hydrogen-bond acceptors (Lipinski definition) is 5. The molecule has 0 saturated heterocycles. The Hall–Kier alpha value is -1.47. The molecule has 0 amide bonds. The Morgan fingerprint density at radius 1 is 1.12 bits per heavy atom. The fourth-order valence-electron chi connectivity index (χ4n) is 2.70. The van der Waals surface area contributed by atoms with Crippen molar-refractivity contribution in [2.75, 3.05) is 13.1 Å². The van der Waals surface area contributed by atoms with Crippen LogP contribution in [0.15, 0.2) is 34.1 Å². The number of sulfonamides is 2. The molecule has 25 heavy (non-hydrogen) atoms. The van der Waals surface area contributed by atoms with E-state index in [9.17, 15) is 22.1 Å². The van der Waals surface area contributed by atoms with Gasteiger partial charge in [0, 0.05) is 13.1 Å². The molecule has 0 bridgehead atoms. The van der Waals surface area contributed by atoms with E-state index in [0.29, 0.717) is 13.1 Å². The second-order valence-corrected chi connectivity index (χ2v) is 9.87. The largest absolute Gasteiger partial charge is 0.243 e. The van der Waals surface area contributed by atoms with Crippen molar-refractivity contribution < 1.29 is 16.8 Å². The first kappa shape index (κ1) is 19.8. The number of benzene rings is 1. The molecule has 7 nitrogen and oxygen atoms in total. The predicted molar refractivity (Wildman–Crippen MR) is 93.6 cm³/mol. The van der Waals surface area contributed by atoms with Gasteiger partial charge in [-0.05, 0) is 49.9 Å². The van der Waals surface area contributed by atoms with Crippen LogP contribution in [-0.2, 0) is 20.0 Å². The van der Waals surface area contributed by atoms with Crippen LogP contribution >= 0.6 is 0 Å². The highest BCUT2D eigenvalue weighted by atomic mass is 32.2. The van der Waals surface area contributed by atoms with Crippen molar-refractivity contribution in [2.45, 2.75) is 48.9 Å². The van der Waals surface area contributed by atoms with Gasteiger partial charge in [0.1, 0.15) is 5.54 Å². The van der Waals surface area contributed by atoms with Crippen molar-refractivity contribution in [1.29, 1.82) is 5.26 Å². The molecule has 1 saturated carbocycles. The Bertz CT molecular complexity index is 865. The van der Waals surface area contributed by atoms with Gasteiger partial charge in [0.15, 0.2) is 0 Å². The molecule has 1 aromatic carbocycles. The van der Waals surface area contributed by atoms with Gasteiger partial charge >= 0.3 is 0 Å². The Morgan fingerprint density at radius 2 is 1.60 bits per heavy atom. The van der Waals surface area contributed by atoms with Gasteiger partial charge in [0.05, 0.1) is 15.9 Å². The highest BCUT2D eigenvalue weighted by molar-refractivity contribution is 7.89. The smallest absolute Gasteiger partial charge is 0.207 e. The van der Waals surface area contributed by atoms with Gasteiger partial charge in [-0.1, -0.05) is 13.8 Å². The average Bonchev–Trinajstić information content (AvgIpc) is 3.41. The minimum absolute atomic E-state index is 0.00888. The van der Waals surface area contributed by atoms with E-state index in [4.69, 9.17) is 0 Å². The Balaban J connectivity index is 2.29. The first-order chi connectivity index (χ1) is 11.6. The minimum atomic E-state index is -3.91. The second kappa shape index (κ2) is 7.03.